The van der Waals surface area contributed by atoms with Crippen molar-refractivity contribution < 1.29 is 27.5 Å². The van der Waals surface area contributed by atoms with Crippen LogP contribution in [0.5, 0.6) is 0 Å². The summed E-state index contributed by atoms with van der Waals surface area (Å²) in [5.74, 6) is -1.01. The number of nitrogens with one attached hydrogen (secondary N) is 1. The Morgan fingerprint density at radius 2 is 1.70 bits per heavy atom. The van der Waals surface area contributed by atoms with E-state index >= 15 is 0 Å². The van der Waals surface area contributed by atoms with Gasteiger partial charge >= 0.3 is 12.1 Å². The largest absolute Gasteiger partial charge is 0.465 e. The van der Waals surface area contributed by atoms with Crippen LogP contribution in [0.15, 0.2) is 78.9 Å². The molecule has 5 nitrogen and oxygen atoms in total. The van der Waals surface area contributed by atoms with Crippen LogP contribution < -0.4 is 5.32 Å². The summed E-state index contributed by atoms with van der Waals surface area (Å²) in [5, 5.41) is 3.34. The van der Waals surface area contributed by atoms with Crippen molar-refractivity contribution >= 4 is 28.5 Å². The lowest BCUT2D eigenvalue weighted by Gasteiger charge is -2.11. The number of aromatic nitrogens is 1. The number of halogens is 3. The number of nitrogens with zero attached hydrogens (tertiary/aromatic N) is 1. The van der Waals surface area contributed by atoms with E-state index in [4.69, 9.17) is 4.74 Å². The van der Waals surface area contributed by atoms with E-state index in [-0.39, 0.29) is 5.56 Å². The van der Waals surface area contributed by atoms with Gasteiger partial charge in [0.1, 0.15) is 0 Å². The third-order valence-electron chi connectivity index (χ3n) is 5.02. The summed E-state index contributed by atoms with van der Waals surface area (Å²) in [5.41, 5.74) is 1.37. The zero-order valence-electron chi connectivity index (χ0n) is 17.3. The van der Waals surface area contributed by atoms with Crippen LogP contribution in [-0.2, 0) is 10.9 Å². The first-order chi connectivity index (χ1) is 15.8. The molecule has 0 aliphatic carbocycles. The summed E-state index contributed by atoms with van der Waals surface area (Å²) in [6, 6.07) is 19.5. The minimum atomic E-state index is -4.44. The molecule has 0 aliphatic heterocycles. The van der Waals surface area contributed by atoms with Crippen molar-refractivity contribution in [2.75, 3.05) is 12.4 Å². The number of anilines is 1. The molecule has 33 heavy (non-hydrogen) atoms. The summed E-state index contributed by atoms with van der Waals surface area (Å²) in [6.07, 6.45) is -4.44. The van der Waals surface area contributed by atoms with Crippen LogP contribution in [0.3, 0.4) is 0 Å². The number of pyridine rings is 1. The lowest BCUT2D eigenvalue weighted by Crippen LogP contribution is -2.15. The smallest absolute Gasteiger partial charge is 0.416 e. The molecule has 8 heteroatoms. The molecule has 0 radical (unpaired) electrons. The van der Waals surface area contributed by atoms with Crippen molar-refractivity contribution in [3.05, 3.63) is 95.6 Å². The number of ether oxygens (including phenoxy) is 1. The van der Waals surface area contributed by atoms with Gasteiger partial charge in [-0.3, -0.25) is 4.79 Å². The molecular weight excluding hydrogens is 433 g/mol. The number of fused-ring (bicyclic) bond motifs is 1. The Bertz CT molecular complexity index is 1370. The molecule has 0 saturated heterocycles. The Balaban J connectivity index is 1.62. The van der Waals surface area contributed by atoms with E-state index in [0.717, 1.165) is 12.1 Å². The van der Waals surface area contributed by atoms with Gasteiger partial charge in [0.15, 0.2) is 0 Å². The molecule has 3 aromatic carbocycles. The maximum Gasteiger partial charge on any atom is 0.416 e. The number of para-hydroxylation sites is 1. The molecule has 0 saturated carbocycles. The highest BCUT2D eigenvalue weighted by Crippen LogP contribution is 2.32. The highest BCUT2D eigenvalue weighted by atomic mass is 19.4. The number of hydrogen-bond donors (Lipinski definition) is 1. The summed E-state index contributed by atoms with van der Waals surface area (Å²) in [7, 11) is 1.25. The fourth-order valence-electron chi connectivity index (χ4n) is 3.36. The van der Waals surface area contributed by atoms with Crippen LogP contribution in [0.2, 0.25) is 0 Å². The maximum atomic E-state index is 13.0. The van der Waals surface area contributed by atoms with Gasteiger partial charge in [-0.1, -0.05) is 30.3 Å². The first-order valence-corrected chi connectivity index (χ1v) is 9.83. The third-order valence-corrected chi connectivity index (χ3v) is 5.02. The summed E-state index contributed by atoms with van der Waals surface area (Å²) >= 11 is 0. The molecule has 166 valence electrons. The number of hydrogen-bond acceptors (Lipinski definition) is 4. The lowest BCUT2D eigenvalue weighted by molar-refractivity contribution is -0.137. The Kier molecular flexibility index (Phi) is 5.83. The fraction of sp³-hybridized carbons (Fsp3) is 0.0800. The summed E-state index contributed by atoms with van der Waals surface area (Å²) < 4.78 is 43.8. The Morgan fingerprint density at radius 3 is 2.45 bits per heavy atom. The monoisotopic (exact) mass is 450 g/mol. The Morgan fingerprint density at radius 1 is 0.909 bits per heavy atom. The second-order valence-corrected chi connectivity index (χ2v) is 7.17. The minimum Gasteiger partial charge on any atom is -0.465 e. The predicted molar refractivity (Wildman–Crippen MR) is 118 cm³/mol. The zero-order valence-corrected chi connectivity index (χ0v) is 17.3. The molecular formula is C25H17F3N2O3. The standard InChI is InChI=1S/C25H17F3N2O3/c1-33-24(32)19-7-2-3-8-22(19)30-23(31)17-10-12-21-16(13-17)9-11-20(29-21)15-5-4-6-18(14-15)25(26,27)28/h2-14H,1H3,(H,30,31). The zero-order chi connectivity index (χ0) is 23.6. The van der Waals surface area contributed by atoms with E-state index in [1.807, 2.05) is 0 Å². The number of methoxy groups -OCH3 is 1. The van der Waals surface area contributed by atoms with E-state index in [1.54, 1.807) is 60.7 Å². The molecule has 0 aliphatic rings. The molecule has 1 N–H and O–H groups in total. The van der Waals surface area contributed by atoms with Gasteiger partial charge in [-0.15, -0.1) is 0 Å². The number of esters is 1. The van der Waals surface area contributed by atoms with Crippen molar-refractivity contribution in [2.24, 2.45) is 0 Å². The maximum absolute atomic E-state index is 13.0. The molecule has 1 aromatic heterocycles. The first kappa shape index (κ1) is 22.0. The first-order valence-electron chi connectivity index (χ1n) is 9.83. The number of rotatable bonds is 4. The van der Waals surface area contributed by atoms with Crippen LogP contribution in [-0.4, -0.2) is 24.0 Å². The molecule has 0 bridgehead atoms. The van der Waals surface area contributed by atoms with Crippen LogP contribution in [0, 0.1) is 0 Å². The Hall–Kier alpha value is -4.20. The van der Waals surface area contributed by atoms with Gasteiger partial charge in [0.2, 0.25) is 0 Å². The molecule has 1 heterocycles. The summed E-state index contributed by atoms with van der Waals surface area (Å²) in [6.45, 7) is 0. The van der Waals surface area contributed by atoms with Gasteiger partial charge in [-0.05, 0) is 48.5 Å². The van der Waals surface area contributed by atoms with E-state index in [0.29, 0.717) is 33.4 Å². The van der Waals surface area contributed by atoms with Gasteiger partial charge in [-0.2, -0.15) is 13.2 Å². The third kappa shape index (κ3) is 4.69. The lowest BCUT2D eigenvalue weighted by atomic mass is 10.0. The molecule has 0 fully saturated rings. The van der Waals surface area contributed by atoms with Gasteiger partial charge < -0.3 is 10.1 Å². The van der Waals surface area contributed by atoms with E-state index in [2.05, 4.69) is 10.3 Å². The van der Waals surface area contributed by atoms with Gasteiger partial charge in [0.25, 0.3) is 5.91 Å². The predicted octanol–water partition coefficient (Wildman–Crippen LogP) is 5.96. The van der Waals surface area contributed by atoms with Crippen LogP contribution in [0.1, 0.15) is 26.3 Å². The quantitative estimate of drug-likeness (QED) is 0.390. The van der Waals surface area contributed by atoms with Gasteiger partial charge in [0.05, 0.1) is 35.1 Å². The number of amides is 1. The average Bonchev–Trinajstić information content (AvgIpc) is 2.82. The van der Waals surface area contributed by atoms with Gasteiger partial charge in [0, 0.05) is 16.5 Å². The second-order valence-electron chi connectivity index (χ2n) is 7.17. The molecule has 4 rings (SSSR count). The van der Waals surface area contributed by atoms with Crippen LogP contribution >= 0.6 is 0 Å². The normalized spacial score (nSPS) is 11.3. The van der Waals surface area contributed by atoms with Crippen LogP contribution in [0.4, 0.5) is 18.9 Å². The minimum absolute atomic E-state index is 0.224. The highest BCUT2D eigenvalue weighted by molar-refractivity contribution is 6.09. The SMILES string of the molecule is COC(=O)c1ccccc1NC(=O)c1ccc2nc(-c3cccc(C(F)(F)F)c3)ccc2c1. The van der Waals surface area contributed by atoms with Gasteiger partial charge in [-0.25, -0.2) is 9.78 Å². The Labute approximate surface area is 186 Å². The van der Waals surface area contributed by atoms with Crippen molar-refractivity contribution in [2.45, 2.75) is 6.18 Å². The fourth-order valence-corrected chi connectivity index (χ4v) is 3.36. The highest BCUT2D eigenvalue weighted by Gasteiger charge is 2.30. The van der Waals surface area contributed by atoms with Crippen molar-refractivity contribution in [1.82, 2.24) is 4.98 Å². The number of alkyl halides is 3. The van der Waals surface area contributed by atoms with Crippen LogP contribution in [0.25, 0.3) is 22.2 Å². The summed E-state index contributed by atoms with van der Waals surface area (Å²) in [4.78, 5) is 29.1. The molecule has 1 amide bonds. The van der Waals surface area contributed by atoms with Crippen molar-refractivity contribution in [3.63, 3.8) is 0 Å². The number of benzene rings is 3. The molecule has 0 unspecified atom stereocenters. The topological polar surface area (TPSA) is 68.3 Å². The number of carbonyl (C=O) groups excluding carboxylic acids is 2. The van der Waals surface area contributed by atoms with E-state index < -0.39 is 23.6 Å². The molecule has 4 aromatic rings. The van der Waals surface area contributed by atoms with Crippen molar-refractivity contribution in [1.29, 1.82) is 0 Å². The van der Waals surface area contributed by atoms with E-state index in [9.17, 15) is 22.8 Å². The van der Waals surface area contributed by atoms with Crippen molar-refractivity contribution in [3.8, 4) is 11.3 Å². The molecule has 0 atom stereocenters. The van der Waals surface area contributed by atoms with E-state index in [1.165, 1.54) is 13.2 Å². The second kappa shape index (κ2) is 8.74. The average molecular weight is 450 g/mol. The molecule has 0 spiro atoms. The number of carbonyl (C=O) groups is 2.